The smallest absolute Gasteiger partial charge is 0.283 e. The van der Waals surface area contributed by atoms with Gasteiger partial charge in [-0.05, 0) is 38.1 Å². The molecule has 0 saturated heterocycles. The standard InChI is InChI=1S/C25H20F2N4O3/c1-24(2,32-3)7-6-14-9-18-22(30-12-14)34-20-11-19(26)16(15-5-4-8-29-21(15)27)10-17(20)25(18)13-33-23(28)31-25/h4-5,8-12H,13H2,1-3H3,(H2,28,31)/t25-/m1/s1. The van der Waals surface area contributed by atoms with Crippen molar-refractivity contribution in [2.24, 2.45) is 10.7 Å². The first-order chi connectivity index (χ1) is 16.2. The van der Waals surface area contributed by atoms with Crippen LogP contribution in [-0.2, 0) is 15.0 Å². The van der Waals surface area contributed by atoms with Crippen molar-refractivity contribution in [2.75, 3.05) is 13.7 Å². The molecule has 1 atom stereocenters. The van der Waals surface area contributed by atoms with Gasteiger partial charge in [-0.3, -0.25) is 0 Å². The quantitative estimate of drug-likeness (QED) is 0.459. The van der Waals surface area contributed by atoms with Crippen LogP contribution in [0.15, 0.2) is 47.7 Å². The van der Waals surface area contributed by atoms with Crippen LogP contribution in [0.25, 0.3) is 11.1 Å². The van der Waals surface area contributed by atoms with Crippen molar-refractivity contribution in [3.05, 3.63) is 71.2 Å². The Hall–Kier alpha value is -4.03. The number of nitrogens with two attached hydrogens (primary N) is 1. The van der Waals surface area contributed by atoms with Gasteiger partial charge in [0.15, 0.2) is 5.54 Å². The summed E-state index contributed by atoms with van der Waals surface area (Å²) in [6.07, 6.45) is 2.85. The molecule has 172 valence electrons. The average molecular weight is 462 g/mol. The van der Waals surface area contributed by atoms with Crippen LogP contribution >= 0.6 is 0 Å². The third-order valence-electron chi connectivity index (χ3n) is 5.82. The number of methoxy groups -OCH3 is 1. The molecular weight excluding hydrogens is 442 g/mol. The molecule has 0 fully saturated rings. The molecule has 0 amide bonds. The van der Waals surface area contributed by atoms with Crippen LogP contribution in [0, 0.1) is 23.6 Å². The van der Waals surface area contributed by atoms with Gasteiger partial charge in [-0.15, -0.1) is 0 Å². The summed E-state index contributed by atoms with van der Waals surface area (Å²) in [5.41, 5.74) is 5.71. The molecule has 2 aliphatic rings. The molecule has 7 nitrogen and oxygen atoms in total. The van der Waals surface area contributed by atoms with Crippen molar-refractivity contribution >= 4 is 6.02 Å². The van der Waals surface area contributed by atoms with E-state index >= 15 is 4.39 Å². The maximum atomic E-state index is 15.1. The fraction of sp³-hybridized carbons (Fsp3) is 0.240. The van der Waals surface area contributed by atoms with Crippen molar-refractivity contribution in [1.29, 1.82) is 0 Å². The second-order valence-corrected chi connectivity index (χ2v) is 8.41. The Morgan fingerprint density at radius 3 is 2.68 bits per heavy atom. The lowest BCUT2D eigenvalue weighted by Crippen LogP contribution is -2.32. The summed E-state index contributed by atoms with van der Waals surface area (Å²) in [6.45, 7) is 3.72. The van der Waals surface area contributed by atoms with Gasteiger partial charge in [0.1, 0.15) is 23.8 Å². The second kappa shape index (κ2) is 7.78. The topological polar surface area (TPSA) is 91.9 Å². The number of hydrogen-bond donors (Lipinski definition) is 1. The van der Waals surface area contributed by atoms with E-state index in [-0.39, 0.29) is 35.4 Å². The zero-order valence-electron chi connectivity index (χ0n) is 18.6. The van der Waals surface area contributed by atoms with E-state index < -0.39 is 22.9 Å². The Morgan fingerprint density at radius 2 is 1.97 bits per heavy atom. The van der Waals surface area contributed by atoms with Crippen molar-refractivity contribution in [1.82, 2.24) is 9.97 Å². The lowest BCUT2D eigenvalue weighted by atomic mass is 9.81. The molecule has 1 aromatic carbocycles. The highest BCUT2D eigenvalue weighted by Gasteiger charge is 2.48. The minimum atomic E-state index is -1.17. The highest BCUT2D eigenvalue weighted by Crippen LogP contribution is 2.51. The van der Waals surface area contributed by atoms with Crippen LogP contribution in [0.4, 0.5) is 8.78 Å². The fourth-order valence-electron chi connectivity index (χ4n) is 3.88. The maximum absolute atomic E-state index is 15.1. The van der Waals surface area contributed by atoms with Crippen molar-refractivity contribution in [3.63, 3.8) is 0 Å². The zero-order chi connectivity index (χ0) is 24.1. The van der Waals surface area contributed by atoms with Crippen molar-refractivity contribution in [2.45, 2.75) is 25.0 Å². The Labute approximate surface area is 194 Å². The summed E-state index contributed by atoms with van der Waals surface area (Å²) < 4.78 is 46.3. The molecule has 0 bridgehead atoms. The van der Waals surface area contributed by atoms with Gasteiger partial charge in [-0.25, -0.2) is 19.4 Å². The van der Waals surface area contributed by atoms with E-state index in [9.17, 15) is 4.39 Å². The number of rotatable bonds is 2. The number of aromatic nitrogens is 2. The lowest BCUT2D eigenvalue weighted by Gasteiger charge is -2.33. The van der Waals surface area contributed by atoms with E-state index in [2.05, 4.69) is 26.8 Å². The van der Waals surface area contributed by atoms with E-state index in [1.807, 2.05) is 13.8 Å². The average Bonchev–Trinajstić information content (AvgIpc) is 3.20. The molecule has 3 aromatic rings. The lowest BCUT2D eigenvalue weighted by molar-refractivity contribution is 0.0741. The fourth-order valence-corrected chi connectivity index (χ4v) is 3.88. The van der Waals surface area contributed by atoms with E-state index in [0.717, 1.165) is 0 Å². The first-order valence-electron chi connectivity index (χ1n) is 10.4. The maximum Gasteiger partial charge on any atom is 0.283 e. The van der Waals surface area contributed by atoms with E-state index in [1.54, 1.807) is 19.4 Å². The van der Waals surface area contributed by atoms with Crippen molar-refractivity contribution in [3.8, 4) is 34.6 Å². The summed E-state index contributed by atoms with van der Waals surface area (Å²) in [5.74, 6) is 5.03. The SMILES string of the molecule is COC(C)(C)C#Cc1cnc2c(c1)[C@@]1(COC(N)=N1)c1cc(-c3cccnc3F)c(F)cc1O2. The van der Waals surface area contributed by atoms with Gasteiger partial charge in [0.05, 0.1) is 5.56 Å². The first kappa shape index (κ1) is 21.8. The van der Waals surface area contributed by atoms with E-state index in [4.69, 9.17) is 19.9 Å². The Bertz CT molecular complexity index is 1410. The predicted molar refractivity (Wildman–Crippen MR) is 120 cm³/mol. The summed E-state index contributed by atoms with van der Waals surface area (Å²) in [6, 6.07) is 7.41. The van der Waals surface area contributed by atoms with Crippen LogP contribution in [0.3, 0.4) is 0 Å². The summed E-state index contributed by atoms with van der Waals surface area (Å²) in [5, 5.41) is 0. The van der Waals surface area contributed by atoms with Gasteiger partial charge in [0.2, 0.25) is 11.8 Å². The number of pyridine rings is 2. The largest absolute Gasteiger partial charge is 0.462 e. The Balaban J connectivity index is 1.71. The molecule has 4 heterocycles. The Morgan fingerprint density at radius 1 is 1.15 bits per heavy atom. The van der Waals surface area contributed by atoms with Gasteiger partial charge in [0.25, 0.3) is 6.02 Å². The zero-order valence-corrected chi connectivity index (χ0v) is 18.6. The predicted octanol–water partition coefficient (Wildman–Crippen LogP) is 3.89. The summed E-state index contributed by atoms with van der Waals surface area (Å²) in [7, 11) is 1.58. The van der Waals surface area contributed by atoms with Crippen LogP contribution in [0.1, 0.15) is 30.5 Å². The number of benzene rings is 1. The molecule has 9 heteroatoms. The van der Waals surface area contributed by atoms with E-state index in [0.29, 0.717) is 16.7 Å². The monoisotopic (exact) mass is 462 g/mol. The molecule has 5 rings (SSSR count). The highest BCUT2D eigenvalue weighted by molar-refractivity contribution is 5.78. The second-order valence-electron chi connectivity index (χ2n) is 8.41. The van der Waals surface area contributed by atoms with Gasteiger partial charge in [-0.1, -0.05) is 11.8 Å². The van der Waals surface area contributed by atoms with Crippen LogP contribution in [0.5, 0.6) is 11.6 Å². The summed E-state index contributed by atoms with van der Waals surface area (Å²) in [4.78, 5) is 12.6. The normalized spacial score (nSPS) is 18.2. The Kier molecular flexibility index (Phi) is 4.99. The molecule has 0 unspecified atom stereocenters. The van der Waals surface area contributed by atoms with Crippen LogP contribution in [-0.4, -0.2) is 35.3 Å². The highest BCUT2D eigenvalue weighted by atomic mass is 19.1. The van der Waals surface area contributed by atoms with Crippen LogP contribution < -0.4 is 10.5 Å². The number of hydrogen-bond acceptors (Lipinski definition) is 7. The van der Waals surface area contributed by atoms with E-state index in [1.165, 1.54) is 30.5 Å². The number of nitrogens with zero attached hydrogens (tertiary/aromatic N) is 3. The third kappa shape index (κ3) is 3.53. The number of aliphatic imine (C=N–C) groups is 1. The molecule has 0 radical (unpaired) electrons. The minimum Gasteiger partial charge on any atom is -0.462 e. The first-order valence-corrected chi connectivity index (χ1v) is 10.4. The molecule has 2 aromatic heterocycles. The van der Waals surface area contributed by atoms with Crippen molar-refractivity contribution < 1.29 is 23.0 Å². The third-order valence-corrected chi connectivity index (χ3v) is 5.82. The number of amidine groups is 1. The van der Waals surface area contributed by atoms with Gasteiger partial charge in [0, 0.05) is 47.8 Å². The number of halogens is 2. The van der Waals surface area contributed by atoms with Gasteiger partial charge >= 0.3 is 0 Å². The minimum absolute atomic E-state index is 0.0131. The molecule has 0 aliphatic carbocycles. The molecule has 34 heavy (non-hydrogen) atoms. The van der Waals surface area contributed by atoms with Crippen LogP contribution in [0.2, 0.25) is 0 Å². The number of fused-ring (bicyclic) bond motifs is 4. The summed E-state index contributed by atoms with van der Waals surface area (Å²) >= 11 is 0. The number of ether oxygens (including phenoxy) is 3. The molecule has 0 saturated carbocycles. The molecule has 2 N–H and O–H groups in total. The molecule has 2 aliphatic heterocycles. The molecule has 1 spiro atoms. The molecular formula is C25H20F2N4O3. The van der Waals surface area contributed by atoms with Gasteiger partial charge in [-0.2, -0.15) is 4.39 Å². The van der Waals surface area contributed by atoms with Gasteiger partial charge < -0.3 is 19.9 Å².